The number of benzene rings is 1. The fourth-order valence-electron chi connectivity index (χ4n) is 1.85. The maximum absolute atomic E-state index is 9.19. The van der Waals surface area contributed by atoms with E-state index in [1.807, 2.05) is 6.92 Å². The van der Waals surface area contributed by atoms with Gasteiger partial charge in [-0.05, 0) is 56.7 Å². The van der Waals surface area contributed by atoms with Crippen LogP contribution in [0.4, 0.5) is 0 Å². The molecule has 2 heteroatoms. The Morgan fingerprint density at radius 3 is 2.38 bits per heavy atom. The molecule has 0 heterocycles. The van der Waals surface area contributed by atoms with Crippen LogP contribution in [0.25, 0.3) is 0 Å². The van der Waals surface area contributed by atoms with Crippen LogP contribution in [0.3, 0.4) is 0 Å². The summed E-state index contributed by atoms with van der Waals surface area (Å²) in [6, 6.07) is 8.70. The van der Waals surface area contributed by atoms with E-state index in [9.17, 15) is 5.11 Å². The zero-order chi connectivity index (χ0) is 11.8. The minimum Gasteiger partial charge on any atom is -0.393 e. The first-order valence-electron chi connectivity index (χ1n) is 6.18. The van der Waals surface area contributed by atoms with Gasteiger partial charge in [-0.3, -0.25) is 0 Å². The van der Waals surface area contributed by atoms with Crippen molar-refractivity contribution in [2.75, 3.05) is 6.54 Å². The smallest absolute Gasteiger partial charge is 0.0512 e. The Morgan fingerprint density at radius 1 is 1.19 bits per heavy atom. The first-order valence-corrected chi connectivity index (χ1v) is 6.18. The predicted octanol–water partition coefficient (Wildman–Crippen LogP) is 2.28. The van der Waals surface area contributed by atoms with Gasteiger partial charge in [0, 0.05) is 0 Å². The van der Waals surface area contributed by atoms with Gasteiger partial charge >= 0.3 is 0 Å². The van der Waals surface area contributed by atoms with Crippen LogP contribution in [0.2, 0.25) is 0 Å². The molecule has 2 nitrogen and oxygen atoms in total. The lowest BCUT2D eigenvalue weighted by Crippen LogP contribution is -2.01. The zero-order valence-corrected chi connectivity index (χ0v) is 10.2. The van der Waals surface area contributed by atoms with Crippen LogP contribution >= 0.6 is 0 Å². The van der Waals surface area contributed by atoms with E-state index in [4.69, 9.17) is 5.73 Å². The highest BCUT2D eigenvalue weighted by Crippen LogP contribution is 2.11. The topological polar surface area (TPSA) is 46.2 Å². The zero-order valence-electron chi connectivity index (χ0n) is 10.2. The summed E-state index contributed by atoms with van der Waals surface area (Å²) in [6.07, 6.45) is 4.94. The molecule has 0 aliphatic heterocycles. The van der Waals surface area contributed by atoms with Gasteiger partial charge in [0.05, 0.1) is 6.10 Å². The Bertz CT molecular complexity index is 297. The van der Waals surface area contributed by atoms with Crippen molar-refractivity contribution >= 4 is 0 Å². The molecule has 0 aromatic heterocycles. The molecule has 3 N–H and O–H groups in total. The van der Waals surface area contributed by atoms with E-state index in [2.05, 4.69) is 24.3 Å². The third kappa shape index (κ3) is 5.29. The van der Waals surface area contributed by atoms with Gasteiger partial charge in [0.25, 0.3) is 0 Å². The molecule has 0 spiro atoms. The molecule has 16 heavy (non-hydrogen) atoms. The van der Waals surface area contributed by atoms with Crippen molar-refractivity contribution in [2.24, 2.45) is 5.73 Å². The van der Waals surface area contributed by atoms with Crippen LogP contribution in [0.5, 0.6) is 0 Å². The SMILES string of the molecule is CC(O)CCCc1cccc(CCCN)c1. The van der Waals surface area contributed by atoms with E-state index in [0.717, 1.165) is 38.6 Å². The average Bonchev–Trinajstić information content (AvgIpc) is 2.26. The second kappa shape index (κ2) is 7.42. The molecule has 1 aromatic rings. The lowest BCUT2D eigenvalue weighted by molar-refractivity contribution is 0.182. The normalized spacial score (nSPS) is 12.7. The summed E-state index contributed by atoms with van der Waals surface area (Å²) < 4.78 is 0. The fourth-order valence-corrected chi connectivity index (χ4v) is 1.85. The molecule has 0 amide bonds. The predicted molar refractivity (Wildman–Crippen MR) is 68.4 cm³/mol. The number of hydrogen-bond donors (Lipinski definition) is 2. The first-order chi connectivity index (χ1) is 7.72. The largest absolute Gasteiger partial charge is 0.393 e. The van der Waals surface area contributed by atoms with Crippen molar-refractivity contribution in [1.29, 1.82) is 0 Å². The third-order valence-corrected chi connectivity index (χ3v) is 2.75. The van der Waals surface area contributed by atoms with Gasteiger partial charge < -0.3 is 10.8 Å². The monoisotopic (exact) mass is 221 g/mol. The van der Waals surface area contributed by atoms with E-state index in [1.165, 1.54) is 11.1 Å². The number of aliphatic hydroxyl groups excluding tert-OH is 1. The Balaban J connectivity index is 2.40. The van der Waals surface area contributed by atoms with Gasteiger partial charge in [0.15, 0.2) is 0 Å². The standard InChI is InChI=1S/C14H23NO/c1-12(16)5-2-6-13-7-3-8-14(11-13)9-4-10-15/h3,7-8,11-12,16H,2,4-6,9-10,15H2,1H3. The van der Waals surface area contributed by atoms with E-state index >= 15 is 0 Å². The summed E-state index contributed by atoms with van der Waals surface area (Å²) in [7, 11) is 0. The highest BCUT2D eigenvalue weighted by atomic mass is 16.3. The van der Waals surface area contributed by atoms with E-state index in [0.29, 0.717) is 0 Å². The molecule has 0 aliphatic rings. The number of aliphatic hydroxyl groups is 1. The molecule has 1 atom stereocenters. The lowest BCUT2D eigenvalue weighted by atomic mass is 10.0. The summed E-state index contributed by atoms with van der Waals surface area (Å²) in [6.45, 7) is 2.60. The molecule has 0 saturated heterocycles. The van der Waals surface area contributed by atoms with Crippen LogP contribution in [0.1, 0.15) is 37.3 Å². The van der Waals surface area contributed by atoms with Crippen molar-refractivity contribution in [3.63, 3.8) is 0 Å². The maximum Gasteiger partial charge on any atom is 0.0512 e. The Morgan fingerprint density at radius 2 is 1.81 bits per heavy atom. The second-order valence-corrected chi connectivity index (χ2v) is 4.45. The van der Waals surface area contributed by atoms with Gasteiger partial charge in [-0.15, -0.1) is 0 Å². The van der Waals surface area contributed by atoms with Crippen LogP contribution < -0.4 is 5.73 Å². The van der Waals surface area contributed by atoms with Gasteiger partial charge in [-0.25, -0.2) is 0 Å². The molecule has 0 radical (unpaired) electrons. The number of rotatable bonds is 7. The second-order valence-electron chi connectivity index (χ2n) is 4.45. The number of nitrogens with two attached hydrogens (primary N) is 1. The summed E-state index contributed by atoms with van der Waals surface area (Å²) in [4.78, 5) is 0. The van der Waals surface area contributed by atoms with Gasteiger partial charge in [0.2, 0.25) is 0 Å². The summed E-state index contributed by atoms with van der Waals surface area (Å²) in [5, 5.41) is 9.19. The fraction of sp³-hybridized carbons (Fsp3) is 0.571. The molecule has 0 saturated carbocycles. The van der Waals surface area contributed by atoms with Crippen molar-refractivity contribution in [1.82, 2.24) is 0 Å². The Kier molecular flexibility index (Phi) is 6.12. The first kappa shape index (κ1) is 13.2. The molecule has 1 rings (SSSR count). The van der Waals surface area contributed by atoms with Crippen LogP contribution in [0.15, 0.2) is 24.3 Å². The van der Waals surface area contributed by atoms with Gasteiger partial charge in [-0.1, -0.05) is 24.3 Å². The van der Waals surface area contributed by atoms with Gasteiger partial charge in [0.1, 0.15) is 0 Å². The summed E-state index contributed by atoms with van der Waals surface area (Å²) in [5.41, 5.74) is 8.25. The molecule has 1 aromatic carbocycles. The average molecular weight is 221 g/mol. The lowest BCUT2D eigenvalue weighted by Gasteiger charge is -2.06. The molecule has 0 bridgehead atoms. The van der Waals surface area contributed by atoms with Crippen molar-refractivity contribution in [3.8, 4) is 0 Å². The van der Waals surface area contributed by atoms with E-state index in [-0.39, 0.29) is 6.10 Å². The molecule has 0 fully saturated rings. The van der Waals surface area contributed by atoms with E-state index < -0.39 is 0 Å². The van der Waals surface area contributed by atoms with Gasteiger partial charge in [-0.2, -0.15) is 0 Å². The molecular formula is C14H23NO. The van der Waals surface area contributed by atoms with Crippen molar-refractivity contribution in [2.45, 2.75) is 45.1 Å². The summed E-state index contributed by atoms with van der Waals surface area (Å²) in [5.74, 6) is 0. The summed E-state index contributed by atoms with van der Waals surface area (Å²) >= 11 is 0. The highest BCUT2D eigenvalue weighted by Gasteiger charge is 1.99. The molecular weight excluding hydrogens is 198 g/mol. The van der Waals surface area contributed by atoms with E-state index in [1.54, 1.807) is 0 Å². The minimum absolute atomic E-state index is 0.180. The highest BCUT2D eigenvalue weighted by molar-refractivity contribution is 5.23. The molecule has 90 valence electrons. The molecule has 1 unspecified atom stereocenters. The van der Waals surface area contributed by atoms with Crippen molar-refractivity contribution < 1.29 is 5.11 Å². The maximum atomic E-state index is 9.19. The van der Waals surface area contributed by atoms with Crippen LogP contribution in [-0.2, 0) is 12.8 Å². The van der Waals surface area contributed by atoms with Crippen LogP contribution in [0, 0.1) is 0 Å². The number of hydrogen-bond acceptors (Lipinski definition) is 2. The minimum atomic E-state index is -0.180. The van der Waals surface area contributed by atoms with Crippen molar-refractivity contribution in [3.05, 3.63) is 35.4 Å². The Hall–Kier alpha value is -0.860. The Labute approximate surface area is 98.5 Å². The third-order valence-electron chi connectivity index (χ3n) is 2.75. The number of aryl methyl sites for hydroxylation is 2. The van der Waals surface area contributed by atoms with Crippen LogP contribution in [-0.4, -0.2) is 17.8 Å². The quantitative estimate of drug-likeness (QED) is 0.742. The molecule has 0 aliphatic carbocycles.